The third-order valence-corrected chi connectivity index (χ3v) is 1.85. The molecule has 1 aromatic rings. The highest BCUT2D eigenvalue weighted by Gasteiger charge is 2.18. The number of hydrogen-bond acceptors (Lipinski definition) is 3. The first kappa shape index (κ1) is 10.3. The number of rotatable bonds is 4. The van der Waals surface area contributed by atoms with Crippen molar-refractivity contribution >= 4 is 11.8 Å². The molecule has 76 valence electrons. The summed E-state index contributed by atoms with van der Waals surface area (Å²) in [5, 5.41) is 15.9. The molecule has 0 amide bonds. The summed E-state index contributed by atoms with van der Waals surface area (Å²) in [5.41, 5.74) is 0.723. The number of aromatic nitrogens is 2. The number of aryl methyl sites for hydroxylation is 2. The number of nitrogens with zero attached hydrogens (tertiary/aromatic N) is 2. The van der Waals surface area contributed by atoms with Crippen molar-refractivity contribution in [2.75, 3.05) is 11.9 Å². The van der Waals surface area contributed by atoms with Gasteiger partial charge in [-0.2, -0.15) is 5.10 Å². The Labute approximate surface area is 82.0 Å². The zero-order chi connectivity index (χ0) is 10.7. The van der Waals surface area contributed by atoms with Gasteiger partial charge in [0.05, 0.1) is 5.69 Å². The van der Waals surface area contributed by atoms with Crippen LogP contribution in [0.4, 0.5) is 5.82 Å². The molecular weight excluding hydrogens is 182 g/mol. The normalized spacial score (nSPS) is 9.86. The minimum Gasteiger partial charge on any atom is -0.477 e. The molecule has 0 aromatic carbocycles. The van der Waals surface area contributed by atoms with E-state index in [9.17, 15) is 4.79 Å². The standard InChI is InChI=1S/C9H13N3O2/c1-4-5-10-8-7(9(13)14)6(2)11-12(8)3/h4,10H,1,5H2,2-3H3,(H,13,14). The van der Waals surface area contributed by atoms with Crippen molar-refractivity contribution in [2.24, 2.45) is 7.05 Å². The quantitative estimate of drug-likeness (QED) is 0.704. The van der Waals surface area contributed by atoms with E-state index in [0.29, 0.717) is 18.1 Å². The second kappa shape index (κ2) is 3.95. The Morgan fingerprint density at radius 1 is 1.79 bits per heavy atom. The number of aromatic carboxylic acids is 1. The van der Waals surface area contributed by atoms with Crippen molar-refractivity contribution in [3.8, 4) is 0 Å². The molecule has 0 radical (unpaired) electrons. The molecular formula is C9H13N3O2. The predicted octanol–water partition coefficient (Wildman–Crippen LogP) is 1.02. The second-order valence-electron chi connectivity index (χ2n) is 2.91. The second-order valence-corrected chi connectivity index (χ2v) is 2.91. The average molecular weight is 195 g/mol. The van der Waals surface area contributed by atoms with Gasteiger partial charge in [0.1, 0.15) is 11.4 Å². The summed E-state index contributed by atoms with van der Waals surface area (Å²) in [6, 6.07) is 0. The monoisotopic (exact) mass is 195 g/mol. The van der Waals surface area contributed by atoms with Gasteiger partial charge in [-0.1, -0.05) is 6.08 Å². The summed E-state index contributed by atoms with van der Waals surface area (Å²) in [6.45, 7) is 5.73. The number of hydrogen-bond donors (Lipinski definition) is 2. The first-order valence-electron chi connectivity index (χ1n) is 4.19. The van der Waals surface area contributed by atoms with E-state index < -0.39 is 5.97 Å². The van der Waals surface area contributed by atoms with Gasteiger partial charge >= 0.3 is 5.97 Å². The molecule has 2 N–H and O–H groups in total. The lowest BCUT2D eigenvalue weighted by molar-refractivity contribution is 0.0697. The molecule has 14 heavy (non-hydrogen) atoms. The summed E-state index contributed by atoms with van der Waals surface area (Å²) in [5.74, 6) is -0.461. The Hall–Kier alpha value is -1.78. The van der Waals surface area contributed by atoms with Crippen molar-refractivity contribution in [1.29, 1.82) is 0 Å². The number of carbonyl (C=O) groups is 1. The molecule has 1 aromatic heterocycles. The predicted molar refractivity (Wildman–Crippen MR) is 53.6 cm³/mol. The van der Waals surface area contributed by atoms with Crippen LogP contribution in [0.5, 0.6) is 0 Å². The number of carboxylic acids is 1. The van der Waals surface area contributed by atoms with E-state index in [4.69, 9.17) is 5.11 Å². The van der Waals surface area contributed by atoms with Crippen LogP contribution in [0.1, 0.15) is 16.1 Å². The summed E-state index contributed by atoms with van der Waals surface area (Å²) in [6.07, 6.45) is 1.66. The molecule has 0 aliphatic heterocycles. The van der Waals surface area contributed by atoms with Gasteiger partial charge in [0.2, 0.25) is 0 Å². The molecule has 0 saturated carbocycles. The molecule has 0 saturated heterocycles. The van der Waals surface area contributed by atoms with E-state index >= 15 is 0 Å². The van der Waals surface area contributed by atoms with Gasteiger partial charge in [-0.3, -0.25) is 4.68 Å². The zero-order valence-corrected chi connectivity index (χ0v) is 8.24. The lowest BCUT2D eigenvalue weighted by atomic mass is 10.2. The summed E-state index contributed by atoms with van der Waals surface area (Å²) in [7, 11) is 1.70. The Balaban J connectivity index is 3.11. The topological polar surface area (TPSA) is 67.2 Å². The first-order chi connectivity index (χ1) is 6.57. The molecule has 0 unspecified atom stereocenters. The third kappa shape index (κ3) is 1.76. The highest BCUT2D eigenvalue weighted by atomic mass is 16.4. The Bertz CT molecular complexity index is 368. The summed E-state index contributed by atoms with van der Waals surface area (Å²) in [4.78, 5) is 10.9. The molecule has 1 rings (SSSR count). The van der Waals surface area contributed by atoms with Crippen molar-refractivity contribution in [2.45, 2.75) is 6.92 Å². The molecule has 0 aliphatic rings. The fourth-order valence-corrected chi connectivity index (χ4v) is 1.29. The minimum atomic E-state index is -0.970. The molecule has 0 spiro atoms. The number of carboxylic acid groups (broad SMARTS) is 1. The van der Waals surface area contributed by atoms with Gasteiger partial charge < -0.3 is 10.4 Å². The van der Waals surface area contributed by atoms with Crippen LogP contribution < -0.4 is 5.32 Å². The van der Waals surface area contributed by atoms with E-state index in [1.54, 1.807) is 20.0 Å². The highest BCUT2D eigenvalue weighted by molar-refractivity contribution is 5.94. The van der Waals surface area contributed by atoms with Crippen LogP contribution in [-0.2, 0) is 7.05 Å². The molecule has 5 heteroatoms. The Morgan fingerprint density at radius 3 is 2.93 bits per heavy atom. The molecule has 0 aliphatic carbocycles. The van der Waals surface area contributed by atoms with Crippen LogP contribution >= 0.6 is 0 Å². The van der Waals surface area contributed by atoms with E-state index in [1.165, 1.54) is 4.68 Å². The highest BCUT2D eigenvalue weighted by Crippen LogP contribution is 2.18. The largest absolute Gasteiger partial charge is 0.477 e. The average Bonchev–Trinajstić information content (AvgIpc) is 2.37. The van der Waals surface area contributed by atoms with Gasteiger partial charge in [0.15, 0.2) is 0 Å². The number of nitrogens with one attached hydrogen (secondary N) is 1. The molecule has 5 nitrogen and oxygen atoms in total. The first-order valence-corrected chi connectivity index (χ1v) is 4.19. The van der Waals surface area contributed by atoms with Crippen LogP contribution in [-0.4, -0.2) is 27.4 Å². The summed E-state index contributed by atoms with van der Waals surface area (Å²) >= 11 is 0. The van der Waals surface area contributed by atoms with E-state index in [1.807, 2.05) is 0 Å². The minimum absolute atomic E-state index is 0.217. The maximum atomic E-state index is 10.9. The smallest absolute Gasteiger partial charge is 0.341 e. The molecule has 0 fully saturated rings. The lowest BCUT2D eigenvalue weighted by Crippen LogP contribution is -2.08. The third-order valence-electron chi connectivity index (χ3n) is 1.85. The van der Waals surface area contributed by atoms with E-state index in [2.05, 4.69) is 17.0 Å². The Morgan fingerprint density at radius 2 is 2.43 bits per heavy atom. The van der Waals surface area contributed by atoms with E-state index in [0.717, 1.165) is 0 Å². The summed E-state index contributed by atoms with van der Waals surface area (Å²) < 4.78 is 1.52. The van der Waals surface area contributed by atoms with Gasteiger partial charge in [0, 0.05) is 13.6 Å². The van der Waals surface area contributed by atoms with Crippen LogP contribution in [0.25, 0.3) is 0 Å². The van der Waals surface area contributed by atoms with Gasteiger partial charge in [0.25, 0.3) is 0 Å². The van der Waals surface area contributed by atoms with Gasteiger partial charge in [-0.25, -0.2) is 4.79 Å². The maximum absolute atomic E-state index is 10.9. The SMILES string of the molecule is C=CCNc1c(C(=O)O)c(C)nn1C. The van der Waals surface area contributed by atoms with E-state index in [-0.39, 0.29) is 5.56 Å². The van der Waals surface area contributed by atoms with Gasteiger partial charge in [-0.15, -0.1) is 6.58 Å². The van der Waals surface area contributed by atoms with Crippen LogP contribution in [0, 0.1) is 6.92 Å². The van der Waals surface area contributed by atoms with Crippen LogP contribution in [0.2, 0.25) is 0 Å². The molecule has 0 bridgehead atoms. The van der Waals surface area contributed by atoms with Gasteiger partial charge in [-0.05, 0) is 6.92 Å². The molecule has 1 heterocycles. The number of anilines is 1. The molecule has 0 atom stereocenters. The fourth-order valence-electron chi connectivity index (χ4n) is 1.29. The maximum Gasteiger partial charge on any atom is 0.341 e. The van der Waals surface area contributed by atoms with Crippen molar-refractivity contribution in [3.63, 3.8) is 0 Å². The Kier molecular flexibility index (Phi) is 2.91. The van der Waals surface area contributed by atoms with Crippen molar-refractivity contribution in [3.05, 3.63) is 23.9 Å². The van der Waals surface area contributed by atoms with Crippen molar-refractivity contribution in [1.82, 2.24) is 9.78 Å². The van der Waals surface area contributed by atoms with Crippen LogP contribution in [0.15, 0.2) is 12.7 Å². The van der Waals surface area contributed by atoms with Crippen molar-refractivity contribution < 1.29 is 9.90 Å². The lowest BCUT2D eigenvalue weighted by Gasteiger charge is -2.04. The zero-order valence-electron chi connectivity index (χ0n) is 8.24. The fraction of sp³-hybridized carbons (Fsp3) is 0.333. The van der Waals surface area contributed by atoms with Crippen LogP contribution in [0.3, 0.4) is 0 Å².